The summed E-state index contributed by atoms with van der Waals surface area (Å²) in [6.45, 7) is 0. The summed E-state index contributed by atoms with van der Waals surface area (Å²) in [5.41, 5.74) is 0. The highest BCUT2D eigenvalue weighted by molar-refractivity contribution is 6.33. The fourth-order valence-electron chi connectivity index (χ4n) is 1.49. The van der Waals surface area contributed by atoms with Gasteiger partial charge in [-0.3, -0.25) is 12.9 Å². The maximum atomic E-state index is 9.67. The van der Waals surface area contributed by atoms with Gasteiger partial charge in [-0.1, -0.05) is 24.3 Å². The average molecular weight is 428 g/mol. The normalized spacial score (nSPS) is 8.95. The predicted molar refractivity (Wildman–Crippen MR) is 72.5 cm³/mol. The summed E-state index contributed by atoms with van der Waals surface area (Å²) in [7, 11) is -0.240. The molecule has 0 aliphatic carbocycles. The summed E-state index contributed by atoms with van der Waals surface area (Å²) < 4.78 is 42.3. The van der Waals surface area contributed by atoms with Crippen LogP contribution in [0.2, 0.25) is 0 Å². The van der Waals surface area contributed by atoms with E-state index in [2.05, 4.69) is 12.1 Å². The Morgan fingerprint density at radius 2 is 1.09 bits per heavy atom. The number of rotatable bonds is 4. The molecule has 2 nitrogen and oxygen atoms in total. The summed E-state index contributed by atoms with van der Waals surface area (Å²) in [6, 6.07) is 16.3. The number of para-hydroxylation sites is 2. The second kappa shape index (κ2) is 11.2. The molecule has 0 N–H and O–H groups in total. The Bertz CT molecular complexity index is 510. The number of hydrogen-bond acceptors (Lipinski definition) is 2. The van der Waals surface area contributed by atoms with E-state index in [1.54, 1.807) is 14.2 Å². The molecule has 0 fully saturated rings. The van der Waals surface area contributed by atoms with Crippen molar-refractivity contribution in [3.8, 4) is 11.5 Å². The molecule has 22 heavy (non-hydrogen) atoms. The molecule has 0 amide bonds. The summed E-state index contributed by atoms with van der Waals surface area (Å²) in [4.78, 5) is 0. The lowest BCUT2D eigenvalue weighted by atomic mass is 10.3. The zero-order valence-electron chi connectivity index (χ0n) is 11.9. The monoisotopic (exact) mass is 428 g/mol. The number of benzene rings is 2. The van der Waals surface area contributed by atoms with Gasteiger partial charge in [0.25, 0.3) is 0 Å². The Labute approximate surface area is 137 Å². The third-order valence-electron chi connectivity index (χ3n) is 2.32. The minimum atomic E-state index is -3.67. The molecular formula is C14H14BF4IO2. The Morgan fingerprint density at radius 1 is 0.773 bits per heavy atom. The van der Waals surface area contributed by atoms with E-state index in [1.807, 2.05) is 36.4 Å². The zero-order valence-corrected chi connectivity index (χ0v) is 14.1. The number of methoxy groups -OCH3 is 2. The highest BCUT2D eigenvalue weighted by Gasteiger charge is 2.23. The molecular weight excluding hydrogens is 414 g/mol. The largest absolute Gasteiger partial charge is 1.00 e. The lowest BCUT2D eigenvalue weighted by molar-refractivity contribution is -0.598. The molecule has 0 atom stereocenters. The molecule has 2 aromatic rings. The zero-order chi connectivity index (χ0) is 15.7. The summed E-state index contributed by atoms with van der Waals surface area (Å²) in [5, 5.41) is 0. The molecule has 0 radical (unpaired) electrons. The molecule has 0 saturated heterocycles. The van der Waals surface area contributed by atoms with Crippen LogP contribution in [0.15, 0.2) is 48.5 Å². The first-order valence-corrected chi connectivity index (χ1v) is 8.07. The fraction of sp³-hybridized carbons (Fsp3) is 0.143. The molecule has 0 aliphatic heterocycles. The van der Waals surface area contributed by atoms with Gasteiger partial charge < -0.3 is 14.2 Å². The highest BCUT2D eigenvalue weighted by atomic mass is 127. The first-order valence-electron chi connectivity index (χ1n) is 5.91. The molecule has 0 heterocycles. The Kier molecular flexibility index (Phi) is 10.4. The average Bonchev–Trinajstić information content (AvgIpc) is 2.48. The third kappa shape index (κ3) is 7.01. The maximum absolute atomic E-state index is 9.67. The van der Waals surface area contributed by atoms with Crippen LogP contribution in [0.25, 0.3) is 0 Å². The number of halogens is 5. The summed E-state index contributed by atoms with van der Waals surface area (Å²) in [6.07, 6.45) is 0. The van der Waals surface area contributed by atoms with E-state index < -0.39 is 7.54 Å². The van der Waals surface area contributed by atoms with E-state index in [0.717, 1.165) is 11.5 Å². The minimum absolute atomic E-state index is 0. The van der Waals surface area contributed by atoms with Crippen molar-refractivity contribution in [1.29, 1.82) is 0 Å². The van der Waals surface area contributed by atoms with Crippen molar-refractivity contribution in [2.45, 2.75) is 0 Å². The molecule has 0 aliphatic rings. The van der Waals surface area contributed by atoms with Crippen molar-refractivity contribution in [3.05, 3.63) is 55.7 Å². The molecule has 0 bridgehead atoms. The van der Waals surface area contributed by atoms with Crippen LogP contribution < -0.4 is 35.4 Å². The van der Waals surface area contributed by atoms with Crippen LogP contribution in [0.1, 0.15) is 0 Å². The lowest BCUT2D eigenvalue weighted by Crippen LogP contribution is -3.61. The van der Waals surface area contributed by atoms with Gasteiger partial charge in [-0.25, -0.2) is 0 Å². The number of ether oxygens (including phenoxy) is 2. The van der Waals surface area contributed by atoms with Gasteiger partial charge in [0.2, 0.25) is 7.14 Å². The van der Waals surface area contributed by atoms with Crippen molar-refractivity contribution in [1.82, 2.24) is 0 Å². The van der Waals surface area contributed by atoms with Gasteiger partial charge in [0.1, 0.15) is 0 Å². The molecule has 8 heteroatoms. The van der Waals surface area contributed by atoms with Crippen molar-refractivity contribution in [3.63, 3.8) is 0 Å². The van der Waals surface area contributed by atoms with E-state index >= 15 is 0 Å². The molecule has 120 valence electrons. The third-order valence-corrected chi connectivity index (χ3v) is 5.26. The van der Waals surface area contributed by atoms with Crippen LogP contribution in [-0.4, -0.2) is 21.8 Å². The van der Waals surface area contributed by atoms with Gasteiger partial charge in [0.15, 0.2) is 11.5 Å². The maximum Gasteiger partial charge on any atom is 0.762 e. The van der Waals surface area contributed by atoms with Crippen LogP contribution >= 0.6 is 0 Å². The highest BCUT2D eigenvalue weighted by Crippen LogP contribution is 2.10. The smallest absolute Gasteiger partial charge is 0.762 e. The number of hydrogen-bond donors (Lipinski definition) is 0. The Hall–Kier alpha value is -1.45. The van der Waals surface area contributed by atoms with E-state index in [-0.39, 0.29) is 25.9 Å². The molecule has 0 aromatic heterocycles. The SMILES string of the molecule is COc1ccccc1[I+]c1ccccc1OC.FB(F)F.[F-]. The van der Waals surface area contributed by atoms with E-state index in [1.165, 1.54) is 7.14 Å². The molecule has 0 unspecified atom stereocenters. The van der Waals surface area contributed by atoms with Crippen molar-refractivity contribution in [2.24, 2.45) is 0 Å². The van der Waals surface area contributed by atoms with Gasteiger partial charge >= 0.3 is 28.7 Å². The first kappa shape index (κ1) is 20.6. The van der Waals surface area contributed by atoms with Crippen LogP contribution in [0, 0.1) is 7.14 Å². The fourth-order valence-corrected chi connectivity index (χ4v) is 4.22. The van der Waals surface area contributed by atoms with Gasteiger partial charge in [-0.05, 0) is 24.3 Å². The predicted octanol–water partition coefficient (Wildman–Crippen LogP) is -2.28. The van der Waals surface area contributed by atoms with Gasteiger partial charge in [0.05, 0.1) is 14.2 Å². The summed E-state index contributed by atoms with van der Waals surface area (Å²) in [5.74, 6) is 1.93. The quantitative estimate of drug-likeness (QED) is 0.311. The molecule has 0 saturated carbocycles. The van der Waals surface area contributed by atoms with E-state index in [4.69, 9.17) is 9.47 Å². The van der Waals surface area contributed by atoms with Crippen molar-refractivity contribution >= 4 is 7.54 Å². The second-order valence-corrected chi connectivity index (χ2v) is 6.47. The molecule has 2 rings (SSSR count). The molecule has 0 spiro atoms. The van der Waals surface area contributed by atoms with Gasteiger partial charge in [0, 0.05) is 0 Å². The van der Waals surface area contributed by atoms with Gasteiger partial charge in [-0.15, -0.1) is 0 Å². The standard InChI is InChI=1S/C14H14IO2.BF3.FH/c1-16-13-9-5-3-7-11(13)15-12-8-4-6-10-14(12)17-2;2-1(3)4;/h3-10H,1-2H3;;1H/q+1;;/p-1. The van der Waals surface area contributed by atoms with Crippen LogP contribution in [0.5, 0.6) is 11.5 Å². The molecule has 2 aromatic carbocycles. The van der Waals surface area contributed by atoms with Crippen molar-refractivity contribution in [2.75, 3.05) is 14.2 Å². The second-order valence-electron chi connectivity index (χ2n) is 3.61. The van der Waals surface area contributed by atoms with Gasteiger partial charge in [-0.2, -0.15) is 0 Å². The van der Waals surface area contributed by atoms with E-state index in [9.17, 15) is 12.9 Å². The van der Waals surface area contributed by atoms with E-state index in [0.29, 0.717) is 0 Å². The lowest BCUT2D eigenvalue weighted by Gasteiger charge is -2.00. The van der Waals surface area contributed by atoms with Crippen molar-refractivity contribution < 1.29 is 48.3 Å². The Morgan fingerprint density at radius 3 is 1.41 bits per heavy atom. The summed E-state index contributed by atoms with van der Waals surface area (Å²) >= 11 is -0.277. The first-order chi connectivity index (χ1) is 10.1. The minimum Gasteiger partial charge on any atom is -1.00 e. The van der Waals surface area contributed by atoms with Crippen LogP contribution in [-0.2, 0) is 0 Å². The van der Waals surface area contributed by atoms with Crippen LogP contribution in [0.4, 0.5) is 12.9 Å². The van der Waals surface area contributed by atoms with Crippen LogP contribution in [0.3, 0.4) is 0 Å². The Balaban J connectivity index is 0.000000791. The topological polar surface area (TPSA) is 18.5 Å².